The fourth-order valence-electron chi connectivity index (χ4n) is 3.00. The molecule has 0 bridgehead atoms. The maximum Gasteiger partial charge on any atom is 0.223 e. The number of H-pyrrole nitrogens is 1. The second-order valence-electron chi connectivity index (χ2n) is 5.62. The van der Waals surface area contributed by atoms with Gasteiger partial charge < -0.3 is 15.0 Å². The number of nitrogens with one attached hydrogen (secondary N) is 2. The van der Waals surface area contributed by atoms with Crippen LogP contribution in [-0.2, 0) is 24.1 Å². The summed E-state index contributed by atoms with van der Waals surface area (Å²) in [4.78, 5) is 19.7. The van der Waals surface area contributed by atoms with Crippen LogP contribution in [0.3, 0.4) is 0 Å². The number of aryl methyl sites for hydroxylation is 1. The van der Waals surface area contributed by atoms with Crippen LogP contribution in [0.25, 0.3) is 0 Å². The molecule has 2 aromatic rings. The van der Waals surface area contributed by atoms with Crippen molar-refractivity contribution >= 4 is 5.91 Å². The van der Waals surface area contributed by atoms with Crippen LogP contribution in [0.4, 0.5) is 0 Å². The first-order valence-electron chi connectivity index (χ1n) is 7.68. The zero-order valence-electron chi connectivity index (χ0n) is 12.8. The van der Waals surface area contributed by atoms with Crippen LogP contribution in [0.15, 0.2) is 30.6 Å². The Hall–Kier alpha value is -2.30. The number of imidazole rings is 1. The quantitative estimate of drug-likeness (QED) is 0.886. The van der Waals surface area contributed by atoms with Crippen LogP contribution >= 0.6 is 0 Å². The number of aromatic nitrogens is 2. The van der Waals surface area contributed by atoms with Gasteiger partial charge >= 0.3 is 0 Å². The Bertz CT molecular complexity index is 651. The average Bonchev–Trinajstić information content (AvgIpc) is 3.02. The fraction of sp³-hybridized carbons (Fsp3) is 0.412. The molecule has 1 unspecified atom stereocenters. The summed E-state index contributed by atoms with van der Waals surface area (Å²) in [6, 6.07) is 7.91. The van der Waals surface area contributed by atoms with Crippen LogP contribution < -0.4 is 10.1 Å². The molecule has 1 atom stereocenters. The summed E-state index contributed by atoms with van der Waals surface area (Å²) >= 11 is 0. The van der Waals surface area contributed by atoms with Crippen molar-refractivity contribution in [3.05, 3.63) is 47.5 Å². The molecule has 1 heterocycles. The number of fused-ring (bicyclic) bond motifs is 1. The first-order chi connectivity index (χ1) is 10.8. The molecule has 0 spiro atoms. The molecule has 2 N–H and O–H groups in total. The number of aromatic amines is 1. The largest absolute Gasteiger partial charge is 0.496 e. The molecule has 3 rings (SSSR count). The van der Waals surface area contributed by atoms with Gasteiger partial charge in [0.05, 0.1) is 19.1 Å². The molecule has 0 aliphatic heterocycles. The number of hydrogen-bond donors (Lipinski definition) is 2. The van der Waals surface area contributed by atoms with Gasteiger partial charge in [0.15, 0.2) is 0 Å². The Morgan fingerprint density at radius 2 is 2.32 bits per heavy atom. The Labute approximate surface area is 130 Å². The molecule has 1 amide bonds. The van der Waals surface area contributed by atoms with Crippen molar-refractivity contribution in [1.29, 1.82) is 0 Å². The summed E-state index contributed by atoms with van der Waals surface area (Å²) in [5.74, 6) is 1.05. The highest BCUT2D eigenvalue weighted by molar-refractivity contribution is 5.79. The second-order valence-corrected chi connectivity index (χ2v) is 5.62. The van der Waals surface area contributed by atoms with Crippen LogP contribution in [-0.4, -0.2) is 29.5 Å². The first kappa shape index (κ1) is 14.6. The average molecular weight is 299 g/mol. The standard InChI is InChI=1S/C17H21N3O2/c1-22-16-5-3-2-4-12(16)8-9-18-17(21)13-6-7-14-15(10-13)20-11-19-14/h2-5,11,13H,6-10H2,1H3,(H,18,21)(H,19,20). The van der Waals surface area contributed by atoms with Crippen molar-refractivity contribution < 1.29 is 9.53 Å². The maximum absolute atomic E-state index is 12.3. The summed E-state index contributed by atoms with van der Waals surface area (Å²) in [5, 5.41) is 3.05. The van der Waals surface area contributed by atoms with Crippen LogP contribution in [0.2, 0.25) is 0 Å². The smallest absolute Gasteiger partial charge is 0.223 e. The van der Waals surface area contributed by atoms with E-state index < -0.39 is 0 Å². The van der Waals surface area contributed by atoms with Gasteiger partial charge in [0, 0.05) is 24.6 Å². The van der Waals surface area contributed by atoms with Crippen LogP contribution in [0, 0.1) is 5.92 Å². The summed E-state index contributed by atoms with van der Waals surface area (Å²) in [6.07, 6.45) is 5.00. The molecule has 0 saturated carbocycles. The molecule has 5 heteroatoms. The zero-order chi connectivity index (χ0) is 15.4. The van der Waals surface area contributed by atoms with Gasteiger partial charge in [0.25, 0.3) is 0 Å². The minimum atomic E-state index is 0.0469. The number of benzene rings is 1. The van der Waals surface area contributed by atoms with E-state index in [1.807, 2.05) is 24.3 Å². The van der Waals surface area contributed by atoms with Gasteiger partial charge in [-0.2, -0.15) is 0 Å². The lowest BCUT2D eigenvalue weighted by Gasteiger charge is -2.20. The second kappa shape index (κ2) is 6.64. The zero-order valence-corrected chi connectivity index (χ0v) is 12.8. The minimum Gasteiger partial charge on any atom is -0.496 e. The molecule has 116 valence electrons. The highest BCUT2D eigenvalue weighted by atomic mass is 16.5. The van der Waals surface area contributed by atoms with E-state index in [-0.39, 0.29) is 11.8 Å². The van der Waals surface area contributed by atoms with E-state index in [4.69, 9.17) is 4.74 Å². The highest BCUT2D eigenvalue weighted by Gasteiger charge is 2.25. The van der Waals surface area contributed by atoms with Gasteiger partial charge in [-0.3, -0.25) is 4.79 Å². The van der Waals surface area contributed by atoms with Crippen LogP contribution in [0.5, 0.6) is 5.75 Å². The topological polar surface area (TPSA) is 67.0 Å². The highest BCUT2D eigenvalue weighted by Crippen LogP contribution is 2.23. The lowest BCUT2D eigenvalue weighted by molar-refractivity contribution is -0.125. The minimum absolute atomic E-state index is 0.0469. The van der Waals surface area contributed by atoms with Gasteiger partial charge in [-0.25, -0.2) is 4.98 Å². The Morgan fingerprint density at radius 3 is 3.18 bits per heavy atom. The van der Waals surface area contributed by atoms with Crippen molar-refractivity contribution in [2.24, 2.45) is 5.92 Å². The fourth-order valence-corrected chi connectivity index (χ4v) is 3.00. The third kappa shape index (κ3) is 3.13. The van der Waals surface area contributed by atoms with E-state index in [9.17, 15) is 4.79 Å². The van der Waals surface area contributed by atoms with Crippen LogP contribution in [0.1, 0.15) is 23.4 Å². The van der Waals surface area contributed by atoms with Gasteiger partial charge in [0.1, 0.15) is 5.75 Å². The van der Waals surface area contributed by atoms with Gasteiger partial charge in [-0.1, -0.05) is 18.2 Å². The third-order valence-corrected chi connectivity index (χ3v) is 4.24. The SMILES string of the molecule is COc1ccccc1CCNC(=O)C1CCc2nc[nH]c2C1. The van der Waals surface area contributed by atoms with Crippen molar-refractivity contribution in [3.63, 3.8) is 0 Å². The number of carbonyl (C=O) groups excluding carboxylic acids is 1. The molecule has 0 fully saturated rings. The maximum atomic E-state index is 12.3. The van der Waals surface area contributed by atoms with Crippen molar-refractivity contribution in [2.45, 2.75) is 25.7 Å². The van der Waals surface area contributed by atoms with Crippen molar-refractivity contribution in [2.75, 3.05) is 13.7 Å². The number of methoxy groups -OCH3 is 1. The molecule has 1 aliphatic carbocycles. The van der Waals surface area contributed by atoms with E-state index >= 15 is 0 Å². The van der Waals surface area contributed by atoms with Gasteiger partial charge in [-0.05, 0) is 30.9 Å². The number of ether oxygens (including phenoxy) is 1. The van der Waals surface area contributed by atoms with E-state index in [2.05, 4.69) is 15.3 Å². The summed E-state index contributed by atoms with van der Waals surface area (Å²) < 4.78 is 5.33. The van der Waals surface area contributed by atoms with Gasteiger partial charge in [0.2, 0.25) is 5.91 Å². The third-order valence-electron chi connectivity index (χ3n) is 4.24. The molecular formula is C17H21N3O2. The number of nitrogens with zero attached hydrogens (tertiary/aromatic N) is 1. The van der Waals surface area contributed by atoms with E-state index in [0.717, 1.165) is 48.4 Å². The van der Waals surface area contributed by atoms with Crippen molar-refractivity contribution in [3.8, 4) is 5.75 Å². The van der Waals surface area contributed by atoms with E-state index in [0.29, 0.717) is 6.54 Å². The van der Waals surface area contributed by atoms with E-state index in [1.54, 1.807) is 13.4 Å². The number of amides is 1. The number of hydrogen-bond acceptors (Lipinski definition) is 3. The number of rotatable bonds is 5. The predicted molar refractivity (Wildman–Crippen MR) is 83.8 cm³/mol. The number of carbonyl (C=O) groups is 1. The Balaban J connectivity index is 1.51. The first-order valence-corrected chi connectivity index (χ1v) is 7.68. The molecule has 22 heavy (non-hydrogen) atoms. The Morgan fingerprint density at radius 1 is 1.45 bits per heavy atom. The van der Waals surface area contributed by atoms with Gasteiger partial charge in [-0.15, -0.1) is 0 Å². The normalized spacial score (nSPS) is 16.9. The molecule has 1 aromatic carbocycles. The molecule has 1 aliphatic rings. The van der Waals surface area contributed by atoms with E-state index in [1.165, 1.54) is 0 Å². The summed E-state index contributed by atoms with van der Waals surface area (Å²) in [5.41, 5.74) is 3.33. The van der Waals surface area contributed by atoms with Crippen molar-refractivity contribution in [1.82, 2.24) is 15.3 Å². The lowest BCUT2D eigenvalue weighted by Crippen LogP contribution is -2.35. The lowest BCUT2D eigenvalue weighted by atomic mass is 9.89. The molecule has 5 nitrogen and oxygen atoms in total. The monoisotopic (exact) mass is 299 g/mol. The molecule has 0 saturated heterocycles. The summed E-state index contributed by atoms with van der Waals surface area (Å²) in [7, 11) is 1.67. The Kier molecular flexibility index (Phi) is 4.42. The molecule has 1 aromatic heterocycles. The number of para-hydroxylation sites is 1. The predicted octanol–water partition coefficient (Wildman–Crippen LogP) is 1.88. The molecular weight excluding hydrogens is 278 g/mol. The summed E-state index contributed by atoms with van der Waals surface area (Å²) in [6.45, 7) is 0.630. The molecule has 0 radical (unpaired) electrons.